The summed E-state index contributed by atoms with van der Waals surface area (Å²) in [5.74, 6) is 1.63. The summed E-state index contributed by atoms with van der Waals surface area (Å²) in [5, 5.41) is 3.11. The van der Waals surface area contributed by atoms with Crippen molar-refractivity contribution in [3.05, 3.63) is 83.6 Å². The molecule has 2 fully saturated rings. The van der Waals surface area contributed by atoms with Crippen LogP contribution in [-0.2, 0) is 27.9 Å². The summed E-state index contributed by atoms with van der Waals surface area (Å²) >= 11 is 0. The van der Waals surface area contributed by atoms with E-state index in [0.717, 1.165) is 102 Å². The lowest BCUT2D eigenvalue weighted by atomic mass is 9.76. The van der Waals surface area contributed by atoms with Crippen molar-refractivity contribution in [3.63, 3.8) is 0 Å². The first kappa shape index (κ1) is 34.9. The van der Waals surface area contributed by atoms with Crippen LogP contribution in [0.3, 0.4) is 0 Å². The van der Waals surface area contributed by atoms with Crippen LogP contribution in [0.1, 0.15) is 109 Å². The highest BCUT2D eigenvalue weighted by molar-refractivity contribution is 5.83. The van der Waals surface area contributed by atoms with Gasteiger partial charge in [0.15, 0.2) is 0 Å². The lowest BCUT2D eigenvalue weighted by Crippen LogP contribution is -2.52. The molecule has 1 aliphatic heterocycles. The number of nitrogens with one attached hydrogen (secondary N) is 3. The number of alkyl carbamates (subject to hydrolysis) is 1. The molecule has 8 rings (SSSR count). The number of ether oxygens (including phenoxy) is 2. The minimum Gasteiger partial charge on any atom is -0.444 e. The number of hydrogen-bond acceptors (Lipinski definition) is 6. The number of aromatic nitrogens is 4. The lowest BCUT2D eigenvalue weighted by Gasteiger charge is -2.40. The Labute approximate surface area is 311 Å². The molecule has 2 amide bonds. The summed E-state index contributed by atoms with van der Waals surface area (Å²) in [6.07, 6.45) is 6.71. The summed E-state index contributed by atoms with van der Waals surface area (Å²) in [6.45, 7) is 12.0. The van der Waals surface area contributed by atoms with Crippen molar-refractivity contribution < 1.29 is 19.1 Å². The molecule has 3 heterocycles. The largest absolute Gasteiger partial charge is 0.444 e. The van der Waals surface area contributed by atoms with Crippen LogP contribution in [0.25, 0.3) is 44.5 Å². The van der Waals surface area contributed by atoms with Crippen molar-refractivity contribution in [2.75, 3.05) is 6.54 Å². The number of rotatable bonds is 5. The van der Waals surface area contributed by atoms with Crippen LogP contribution in [0.4, 0.5) is 9.59 Å². The fourth-order valence-corrected chi connectivity index (χ4v) is 7.97. The zero-order chi connectivity index (χ0) is 37.1. The average molecular weight is 715 g/mol. The minimum atomic E-state index is -0.564. The minimum absolute atomic E-state index is 0.102. The van der Waals surface area contributed by atoms with Gasteiger partial charge >= 0.3 is 12.2 Å². The Kier molecular flexibility index (Phi) is 8.62. The van der Waals surface area contributed by atoms with E-state index in [1.165, 1.54) is 16.7 Å². The number of likely N-dealkylation sites (tertiary alicyclic amines) is 1. The van der Waals surface area contributed by atoms with Gasteiger partial charge in [0.1, 0.15) is 28.4 Å². The molecule has 0 spiro atoms. The Balaban J connectivity index is 1.00. The van der Waals surface area contributed by atoms with E-state index >= 15 is 0 Å². The molecule has 3 N–H and O–H groups in total. The van der Waals surface area contributed by atoms with E-state index in [-0.39, 0.29) is 12.1 Å². The number of H-pyrrole nitrogens is 2. The first-order valence-corrected chi connectivity index (χ1v) is 19.1. The molecule has 0 bridgehead atoms. The highest BCUT2D eigenvalue weighted by atomic mass is 16.6. The number of carbonyl (C=O) groups is 2. The van der Waals surface area contributed by atoms with E-state index in [0.29, 0.717) is 6.54 Å². The smallest absolute Gasteiger partial charge is 0.410 e. The standard InChI is InChI=1S/C43H50N6O4/c1-41(2,3)52-39(50)48-43(21-9-22-43)38-45-32-20-18-29(25-34(32)46-38)27-15-13-26(14-16-27)28-17-19-31-30(24-28)10-7-11-33-36(31)47-37(44-33)35-12-8-23-49(35)40(51)53-42(4,5)6/h13-20,24-25,35H,7-12,21-23H2,1-6H3,(H,44,47)(H,45,46)(H,48,50)/t35-/m0/s1. The Morgan fingerprint density at radius 1 is 0.792 bits per heavy atom. The highest BCUT2D eigenvalue weighted by Gasteiger charge is 2.44. The van der Waals surface area contributed by atoms with Crippen LogP contribution in [0.5, 0.6) is 0 Å². The molecule has 10 nitrogen and oxygen atoms in total. The zero-order valence-electron chi connectivity index (χ0n) is 31.7. The topological polar surface area (TPSA) is 125 Å². The number of nitrogens with zero attached hydrogens (tertiary/aromatic N) is 3. The predicted molar refractivity (Wildman–Crippen MR) is 206 cm³/mol. The number of benzene rings is 3. The highest BCUT2D eigenvalue weighted by Crippen LogP contribution is 2.42. The molecular formula is C43H50N6O4. The van der Waals surface area contributed by atoms with E-state index in [2.05, 4.69) is 69.9 Å². The van der Waals surface area contributed by atoms with E-state index < -0.39 is 22.8 Å². The molecule has 10 heteroatoms. The fraction of sp³-hybridized carbons (Fsp3) is 0.442. The Bertz CT molecular complexity index is 2180. The van der Waals surface area contributed by atoms with Crippen molar-refractivity contribution in [1.82, 2.24) is 30.2 Å². The summed E-state index contributed by atoms with van der Waals surface area (Å²) in [6, 6.07) is 21.6. The van der Waals surface area contributed by atoms with E-state index in [4.69, 9.17) is 19.4 Å². The van der Waals surface area contributed by atoms with Crippen LogP contribution >= 0.6 is 0 Å². The monoisotopic (exact) mass is 714 g/mol. The molecule has 5 aromatic rings. The number of imidazole rings is 2. The number of aromatic amines is 2. The Morgan fingerprint density at radius 2 is 1.47 bits per heavy atom. The van der Waals surface area contributed by atoms with Gasteiger partial charge < -0.3 is 24.8 Å². The van der Waals surface area contributed by atoms with Crippen molar-refractivity contribution in [2.24, 2.45) is 0 Å². The van der Waals surface area contributed by atoms with Crippen molar-refractivity contribution in [2.45, 2.75) is 116 Å². The number of amides is 2. The van der Waals surface area contributed by atoms with Gasteiger partial charge in [-0.05, 0) is 133 Å². The molecule has 0 unspecified atom stereocenters. The summed E-state index contributed by atoms with van der Waals surface area (Å²) < 4.78 is 11.3. The molecule has 53 heavy (non-hydrogen) atoms. The Morgan fingerprint density at radius 3 is 2.15 bits per heavy atom. The zero-order valence-corrected chi connectivity index (χ0v) is 31.7. The van der Waals surface area contributed by atoms with Gasteiger partial charge in [-0.15, -0.1) is 0 Å². The number of carbonyl (C=O) groups excluding carboxylic acids is 2. The second kappa shape index (κ2) is 13.1. The second-order valence-electron chi connectivity index (χ2n) is 17.0. The maximum absolute atomic E-state index is 13.0. The van der Waals surface area contributed by atoms with Crippen LogP contribution in [0, 0.1) is 0 Å². The molecule has 1 saturated carbocycles. The van der Waals surface area contributed by atoms with Crippen LogP contribution in [0.2, 0.25) is 0 Å². The number of fused-ring (bicyclic) bond motifs is 4. The molecule has 0 radical (unpaired) electrons. The molecule has 2 aromatic heterocycles. The van der Waals surface area contributed by atoms with Gasteiger partial charge in [-0.3, -0.25) is 4.90 Å². The average Bonchev–Trinajstić information content (AvgIpc) is 3.81. The van der Waals surface area contributed by atoms with Crippen LogP contribution in [0.15, 0.2) is 60.7 Å². The molecule has 3 aliphatic rings. The van der Waals surface area contributed by atoms with Gasteiger partial charge in [0.05, 0.1) is 22.8 Å². The molecule has 276 valence electrons. The molecular weight excluding hydrogens is 665 g/mol. The van der Waals surface area contributed by atoms with Crippen molar-refractivity contribution in [1.29, 1.82) is 0 Å². The van der Waals surface area contributed by atoms with E-state index in [9.17, 15) is 9.59 Å². The van der Waals surface area contributed by atoms with Gasteiger partial charge in [-0.25, -0.2) is 19.6 Å². The van der Waals surface area contributed by atoms with Gasteiger partial charge in [0.25, 0.3) is 0 Å². The maximum Gasteiger partial charge on any atom is 0.410 e. The third-order valence-corrected chi connectivity index (χ3v) is 10.7. The maximum atomic E-state index is 13.0. The molecule has 3 aromatic carbocycles. The number of hydrogen-bond donors (Lipinski definition) is 3. The Hall–Kier alpha value is -5.12. The third kappa shape index (κ3) is 7.03. The third-order valence-electron chi connectivity index (χ3n) is 10.7. The van der Waals surface area contributed by atoms with E-state index in [1.54, 1.807) is 0 Å². The lowest BCUT2D eigenvalue weighted by molar-refractivity contribution is 0.0218. The second-order valence-corrected chi connectivity index (χ2v) is 17.0. The summed E-state index contributed by atoms with van der Waals surface area (Å²) in [5.41, 5.74) is 9.35. The molecule has 2 aliphatic carbocycles. The van der Waals surface area contributed by atoms with Gasteiger partial charge in [-0.1, -0.05) is 48.5 Å². The first-order valence-electron chi connectivity index (χ1n) is 19.1. The first-order chi connectivity index (χ1) is 25.2. The van der Waals surface area contributed by atoms with Crippen molar-refractivity contribution >= 4 is 23.2 Å². The quantitative estimate of drug-likeness (QED) is 0.167. The summed E-state index contributed by atoms with van der Waals surface area (Å²) in [7, 11) is 0. The fourth-order valence-electron chi connectivity index (χ4n) is 7.97. The van der Waals surface area contributed by atoms with Crippen LogP contribution < -0.4 is 5.32 Å². The molecule has 1 saturated heterocycles. The summed E-state index contributed by atoms with van der Waals surface area (Å²) in [4.78, 5) is 44.7. The van der Waals surface area contributed by atoms with Crippen molar-refractivity contribution in [3.8, 4) is 33.5 Å². The predicted octanol–water partition coefficient (Wildman–Crippen LogP) is 9.75. The van der Waals surface area contributed by atoms with Gasteiger partial charge in [-0.2, -0.15) is 0 Å². The van der Waals surface area contributed by atoms with Gasteiger partial charge in [0, 0.05) is 17.8 Å². The van der Waals surface area contributed by atoms with Gasteiger partial charge in [0.2, 0.25) is 0 Å². The molecule has 1 atom stereocenters. The SMILES string of the molecule is CC(C)(C)OC(=O)NC1(c2nc3ccc(-c4ccc(-c5ccc6c(c5)CCCc5[nH]c([C@@H]7CCCN7C(=O)OC(C)(C)C)nc5-6)cc4)cc3[nH]2)CCC1. The van der Waals surface area contributed by atoms with Crippen LogP contribution in [-0.4, -0.2) is 54.8 Å². The van der Waals surface area contributed by atoms with E-state index in [1.807, 2.05) is 52.5 Å². The normalized spacial score (nSPS) is 18.2. The number of aryl methyl sites for hydroxylation is 2.